The third-order valence-electron chi connectivity index (χ3n) is 4.67. The van der Waals surface area contributed by atoms with Crippen molar-refractivity contribution in [1.82, 2.24) is 5.32 Å². The van der Waals surface area contributed by atoms with Crippen LogP contribution < -0.4 is 10.6 Å². The Labute approximate surface area is 187 Å². The Kier molecular flexibility index (Phi) is 8.46. The standard InChI is InChI=1S/C24H28N2O2S2/c1-3-4-12-29-13-6-11-25-23(27)19-9-10-21-20(16-19)26-24(28)22(30-21)15-18-8-5-7-17(2)14-18/h5,7-10,14-16H,3-4,6,11-13H2,1-2H3,(H,25,27)(H,26,28). The summed E-state index contributed by atoms with van der Waals surface area (Å²) in [6, 6.07) is 13.5. The molecule has 6 heteroatoms. The van der Waals surface area contributed by atoms with Crippen molar-refractivity contribution in [3.05, 3.63) is 64.1 Å². The Morgan fingerprint density at radius 3 is 2.80 bits per heavy atom. The largest absolute Gasteiger partial charge is 0.352 e. The van der Waals surface area contributed by atoms with Gasteiger partial charge in [0.25, 0.3) is 11.8 Å². The molecular weight excluding hydrogens is 412 g/mol. The van der Waals surface area contributed by atoms with Gasteiger partial charge < -0.3 is 10.6 Å². The zero-order valence-electron chi connectivity index (χ0n) is 17.5. The molecule has 2 amide bonds. The number of fused-ring (bicyclic) bond motifs is 1. The van der Waals surface area contributed by atoms with Crippen LogP contribution in [-0.4, -0.2) is 29.9 Å². The molecule has 2 N–H and O–H groups in total. The van der Waals surface area contributed by atoms with Gasteiger partial charge in [0.1, 0.15) is 0 Å². The molecule has 1 heterocycles. The Hall–Kier alpha value is -2.18. The molecule has 0 saturated heterocycles. The topological polar surface area (TPSA) is 58.2 Å². The second-order valence-electron chi connectivity index (χ2n) is 7.27. The SMILES string of the molecule is CCCCSCCCNC(=O)c1ccc2c(c1)NC(=O)C(=Cc1cccc(C)c1)S2. The molecule has 2 aromatic carbocycles. The van der Waals surface area contributed by atoms with Gasteiger partial charge in [-0.15, -0.1) is 0 Å². The van der Waals surface area contributed by atoms with E-state index in [-0.39, 0.29) is 11.8 Å². The zero-order valence-corrected chi connectivity index (χ0v) is 19.1. The van der Waals surface area contributed by atoms with E-state index in [9.17, 15) is 9.59 Å². The number of amides is 2. The highest BCUT2D eigenvalue weighted by Gasteiger charge is 2.22. The van der Waals surface area contributed by atoms with Crippen molar-refractivity contribution in [3.63, 3.8) is 0 Å². The van der Waals surface area contributed by atoms with Crippen molar-refractivity contribution in [2.24, 2.45) is 0 Å². The van der Waals surface area contributed by atoms with E-state index in [1.54, 1.807) is 6.07 Å². The van der Waals surface area contributed by atoms with E-state index in [0.29, 0.717) is 22.7 Å². The fourth-order valence-electron chi connectivity index (χ4n) is 3.04. The summed E-state index contributed by atoms with van der Waals surface area (Å²) in [7, 11) is 0. The Morgan fingerprint density at radius 2 is 2.00 bits per heavy atom. The minimum absolute atomic E-state index is 0.100. The average molecular weight is 441 g/mol. The zero-order chi connectivity index (χ0) is 21.3. The molecule has 1 aliphatic rings. The van der Waals surface area contributed by atoms with Crippen molar-refractivity contribution in [2.45, 2.75) is 38.0 Å². The van der Waals surface area contributed by atoms with E-state index in [0.717, 1.165) is 28.2 Å². The van der Waals surface area contributed by atoms with E-state index in [2.05, 4.69) is 17.6 Å². The van der Waals surface area contributed by atoms with Gasteiger partial charge in [-0.3, -0.25) is 9.59 Å². The van der Waals surface area contributed by atoms with Gasteiger partial charge in [-0.1, -0.05) is 54.9 Å². The minimum Gasteiger partial charge on any atom is -0.352 e. The summed E-state index contributed by atoms with van der Waals surface area (Å²) in [5.74, 6) is 2.01. The highest BCUT2D eigenvalue weighted by Crippen LogP contribution is 2.39. The molecule has 4 nitrogen and oxygen atoms in total. The van der Waals surface area contributed by atoms with E-state index in [4.69, 9.17) is 0 Å². The number of unbranched alkanes of at least 4 members (excludes halogenated alkanes) is 1. The van der Waals surface area contributed by atoms with Crippen LogP contribution in [0.2, 0.25) is 0 Å². The quantitative estimate of drug-likeness (QED) is 0.386. The first-order chi connectivity index (χ1) is 14.6. The van der Waals surface area contributed by atoms with Crippen LogP contribution in [-0.2, 0) is 4.79 Å². The molecule has 30 heavy (non-hydrogen) atoms. The smallest absolute Gasteiger partial charge is 0.262 e. The normalized spacial score (nSPS) is 14.3. The average Bonchev–Trinajstić information content (AvgIpc) is 2.73. The number of nitrogens with one attached hydrogen (secondary N) is 2. The summed E-state index contributed by atoms with van der Waals surface area (Å²) in [5.41, 5.74) is 3.41. The number of rotatable bonds is 9. The number of aryl methyl sites for hydroxylation is 1. The van der Waals surface area contributed by atoms with Crippen LogP contribution in [0, 0.1) is 6.92 Å². The van der Waals surface area contributed by atoms with Gasteiger partial charge in [-0.2, -0.15) is 11.8 Å². The molecule has 0 radical (unpaired) electrons. The van der Waals surface area contributed by atoms with Gasteiger partial charge in [-0.05, 0) is 61.1 Å². The summed E-state index contributed by atoms with van der Waals surface area (Å²) >= 11 is 3.37. The summed E-state index contributed by atoms with van der Waals surface area (Å²) in [5, 5.41) is 5.90. The van der Waals surface area contributed by atoms with Crippen molar-refractivity contribution in [1.29, 1.82) is 0 Å². The van der Waals surface area contributed by atoms with E-state index >= 15 is 0 Å². The van der Waals surface area contributed by atoms with Gasteiger partial charge in [0.05, 0.1) is 10.6 Å². The number of carbonyl (C=O) groups is 2. The molecule has 3 rings (SSSR count). The molecule has 0 aromatic heterocycles. The van der Waals surface area contributed by atoms with Gasteiger partial charge in [0, 0.05) is 17.0 Å². The Bertz CT molecular complexity index is 941. The maximum Gasteiger partial charge on any atom is 0.262 e. The van der Waals surface area contributed by atoms with E-state index < -0.39 is 0 Å². The van der Waals surface area contributed by atoms with Gasteiger partial charge >= 0.3 is 0 Å². The lowest BCUT2D eigenvalue weighted by molar-refractivity contribution is -0.112. The molecule has 2 aromatic rings. The first kappa shape index (κ1) is 22.5. The van der Waals surface area contributed by atoms with Crippen LogP contribution >= 0.6 is 23.5 Å². The molecule has 0 saturated carbocycles. The number of hydrogen-bond acceptors (Lipinski definition) is 4. The van der Waals surface area contributed by atoms with Crippen LogP contribution in [0.5, 0.6) is 0 Å². The van der Waals surface area contributed by atoms with Crippen LogP contribution in [0.3, 0.4) is 0 Å². The lowest BCUT2D eigenvalue weighted by atomic mass is 10.1. The predicted molar refractivity (Wildman–Crippen MR) is 129 cm³/mol. The number of carbonyl (C=O) groups excluding carboxylic acids is 2. The predicted octanol–water partition coefficient (Wildman–Crippen LogP) is 5.73. The van der Waals surface area contributed by atoms with Crippen molar-refractivity contribution in [3.8, 4) is 0 Å². The van der Waals surface area contributed by atoms with Gasteiger partial charge in [-0.25, -0.2) is 0 Å². The van der Waals surface area contributed by atoms with Crippen LogP contribution in [0.4, 0.5) is 5.69 Å². The van der Waals surface area contributed by atoms with Gasteiger partial charge in [0.2, 0.25) is 0 Å². The van der Waals surface area contributed by atoms with E-state index in [1.807, 2.05) is 61.2 Å². The van der Waals surface area contributed by atoms with Crippen LogP contribution in [0.25, 0.3) is 6.08 Å². The summed E-state index contributed by atoms with van der Waals surface area (Å²) in [6.07, 6.45) is 5.33. The molecule has 0 atom stereocenters. The summed E-state index contributed by atoms with van der Waals surface area (Å²) < 4.78 is 0. The molecule has 0 spiro atoms. The van der Waals surface area contributed by atoms with Crippen molar-refractivity contribution < 1.29 is 9.59 Å². The number of anilines is 1. The maximum absolute atomic E-state index is 12.5. The van der Waals surface area contributed by atoms with Crippen molar-refractivity contribution >= 4 is 47.1 Å². The van der Waals surface area contributed by atoms with Crippen LogP contribution in [0.15, 0.2) is 52.3 Å². The molecular formula is C24H28N2O2S2. The lowest BCUT2D eigenvalue weighted by Gasteiger charge is -2.19. The molecule has 0 aliphatic carbocycles. The van der Waals surface area contributed by atoms with Gasteiger partial charge in [0.15, 0.2) is 0 Å². The molecule has 158 valence electrons. The Balaban J connectivity index is 1.58. The molecule has 0 bridgehead atoms. The minimum atomic E-state index is -0.143. The highest BCUT2D eigenvalue weighted by atomic mass is 32.2. The van der Waals surface area contributed by atoms with Crippen molar-refractivity contribution in [2.75, 3.05) is 23.4 Å². The lowest BCUT2D eigenvalue weighted by Crippen LogP contribution is -2.25. The fraction of sp³-hybridized carbons (Fsp3) is 0.333. The number of thioether (sulfide) groups is 2. The first-order valence-corrected chi connectivity index (χ1v) is 12.3. The molecule has 1 aliphatic heterocycles. The molecule has 0 unspecified atom stereocenters. The third-order valence-corrected chi connectivity index (χ3v) is 6.92. The fourth-order valence-corrected chi connectivity index (χ4v) is 5.02. The second kappa shape index (κ2) is 11.3. The monoisotopic (exact) mass is 440 g/mol. The second-order valence-corrected chi connectivity index (χ2v) is 9.57. The number of hydrogen-bond donors (Lipinski definition) is 2. The molecule has 0 fully saturated rings. The first-order valence-electron chi connectivity index (χ1n) is 10.3. The summed E-state index contributed by atoms with van der Waals surface area (Å²) in [4.78, 5) is 26.6. The maximum atomic E-state index is 12.5. The third kappa shape index (κ3) is 6.41. The van der Waals surface area contributed by atoms with E-state index in [1.165, 1.54) is 30.4 Å². The number of benzene rings is 2. The highest BCUT2D eigenvalue weighted by molar-refractivity contribution is 8.04. The Morgan fingerprint density at radius 1 is 1.17 bits per heavy atom. The van der Waals surface area contributed by atoms with Crippen LogP contribution in [0.1, 0.15) is 47.7 Å². The summed E-state index contributed by atoms with van der Waals surface area (Å²) in [6.45, 7) is 4.89.